The normalized spacial score (nSPS) is 15.6. The average molecular weight is 398 g/mol. The predicted octanol–water partition coefficient (Wildman–Crippen LogP) is 2.83. The zero-order valence-electron chi connectivity index (χ0n) is 14.3. The number of anilines is 2. The molecule has 0 radical (unpaired) electrons. The zero-order chi connectivity index (χ0) is 19.2. The van der Waals surface area contributed by atoms with E-state index in [1.165, 1.54) is 6.33 Å². The van der Waals surface area contributed by atoms with Crippen molar-refractivity contribution >= 4 is 29.0 Å². The number of aromatic nitrogens is 5. The Bertz CT molecular complexity index is 980. The molecule has 1 aliphatic rings. The Balaban J connectivity index is 1.53. The first-order chi connectivity index (χ1) is 12.8. The number of fused-ring (bicyclic) bond motifs is 1. The first-order valence-electron chi connectivity index (χ1n) is 8.23. The smallest absolute Gasteiger partial charge is 0.353 e. The lowest BCUT2D eigenvalue weighted by atomic mass is 10.2. The summed E-state index contributed by atoms with van der Waals surface area (Å²) in [7, 11) is 0. The van der Waals surface area contributed by atoms with Crippen LogP contribution >= 0.6 is 11.6 Å². The first-order valence-corrected chi connectivity index (χ1v) is 8.61. The Morgan fingerprint density at radius 2 is 1.74 bits per heavy atom. The van der Waals surface area contributed by atoms with Crippen LogP contribution in [0.15, 0.2) is 24.7 Å². The highest BCUT2D eigenvalue weighted by atomic mass is 35.5. The van der Waals surface area contributed by atoms with Gasteiger partial charge in [0, 0.05) is 44.1 Å². The lowest BCUT2D eigenvalue weighted by Gasteiger charge is -2.36. The van der Waals surface area contributed by atoms with Gasteiger partial charge >= 0.3 is 6.18 Å². The molecular weight excluding hydrogens is 383 g/mol. The summed E-state index contributed by atoms with van der Waals surface area (Å²) in [5, 5.41) is 4.20. The van der Waals surface area contributed by atoms with Gasteiger partial charge in [0.25, 0.3) is 5.78 Å². The van der Waals surface area contributed by atoms with Gasteiger partial charge in [-0.1, -0.05) is 11.6 Å². The number of hydrogen-bond acceptors (Lipinski definition) is 6. The third-order valence-electron chi connectivity index (χ3n) is 4.41. The topological polar surface area (TPSA) is 62.5 Å². The molecule has 0 saturated carbocycles. The van der Waals surface area contributed by atoms with E-state index in [0.717, 1.165) is 23.8 Å². The fourth-order valence-electron chi connectivity index (χ4n) is 3.10. The molecule has 0 unspecified atom stereocenters. The van der Waals surface area contributed by atoms with Crippen molar-refractivity contribution in [1.29, 1.82) is 0 Å². The van der Waals surface area contributed by atoms with Gasteiger partial charge in [-0.2, -0.15) is 27.8 Å². The predicted molar refractivity (Wildman–Crippen MR) is 94.2 cm³/mol. The molecule has 0 aromatic carbocycles. The van der Waals surface area contributed by atoms with Gasteiger partial charge in [0.1, 0.15) is 18.0 Å². The van der Waals surface area contributed by atoms with Crippen molar-refractivity contribution in [3.05, 3.63) is 40.9 Å². The minimum atomic E-state index is -4.46. The fraction of sp³-hybridized carbons (Fsp3) is 0.375. The third-order valence-corrected chi connectivity index (χ3v) is 4.69. The van der Waals surface area contributed by atoms with Crippen LogP contribution in [-0.4, -0.2) is 50.7 Å². The summed E-state index contributed by atoms with van der Waals surface area (Å²) >= 11 is 6.06. The molecule has 0 N–H and O–H groups in total. The highest BCUT2D eigenvalue weighted by molar-refractivity contribution is 6.33. The summed E-state index contributed by atoms with van der Waals surface area (Å²) in [6, 6.07) is 2.85. The summed E-state index contributed by atoms with van der Waals surface area (Å²) in [5.74, 6) is 1.77. The number of pyridine rings is 1. The molecule has 3 aromatic heterocycles. The van der Waals surface area contributed by atoms with Crippen LogP contribution in [0.1, 0.15) is 11.3 Å². The quantitative estimate of drug-likeness (QED) is 0.662. The maximum absolute atomic E-state index is 12.8. The molecule has 142 valence electrons. The highest BCUT2D eigenvalue weighted by Crippen LogP contribution is 2.34. The number of rotatable bonds is 2. The summed E-state index contributed by atoms with van der Waals surface area (Å²) in [6.07, 6.45) is -2.19. The Labute approximate surface area is 157 Å². The summed E-state index contributed by atoms with van der Waals surface area (Å²) < 4.78 is 40.0. The molecule has 4 rings (SSSR count). The molecule has 11 heteroatoms. The van der Waals surface area contributed by atoms with Crippen molar-refractivity contribution in [3.63, 3.8) is 0 Å². The Morgan fingerprint density at radius 1 is 1.04 bits per heavy atom. The molecule has 0 aliphatic carbocycles. The van der Waals surface area contributed by atoms with Crippen LogP contribution in [-0.2, 0) is 6.18 Å². The molecule has 0 bridgehead atoms. The van der Waals surface area contributed by atoms with Crippen LogP contribution in [0.2, 0.25) is 5.02 Å². The summed E-state index contributed by atoms with van der Waals surface area (Å²) in [6.45, 7) is 4.29. The molecule has 1 fully saturated rings. The number of aryl methyl sites for hydroxylation is 1. The van der Waals surface area contributed by atoms with Gasteiger partial charge in [0.2, 0.25) is 0 Å². The van der Waals surface area contributed by atoms with Gasteiger partial charge in [-0.25, -0.2) is 9.97 Å². The van der Waals surface area contributed by atoms with Crippen LogP contribution in [0.5, 0.6) is 0 Å². The Morgan fingerprint density at radius 3 is 2.41 bits per heavy atom. The van der Waals surface area contributed by atoms with E-state index in [9.17, 15) is 13.2 Å². The Hall–Kier alpha value is -2.62. The SMILES string of the molecule is Cc1cc(N2CCN(c3ncc(C(F)(F)F)cc3Cl)CC2)n2ncnc2n1. The van der Waals surface area contributed by atoms with Crippen LogP contribution in [0, 0.1) is 6.92 Å². The molecule has 27 heavy (non-hydrogen) atoms. The monoisotopic (exact) mass is 397 g/mol. The van der Waals surface area contributed by atoms with E-state index in [2.05, 4.69) is 25.0 Å². The van der Waals surface area contributed by atoms with E-state index in [1.54, 1.807) is 4.52 Å². The number of alkyl halides is 3. The zero-order valence-corrected chi connectivity index (χ0v) is 15.0. The molecule has 4 heterocycles. The third kappa shape index (κ3) is 3.36. The van der Waals surface area contributed by atoms with Crippen molar-refractivity contribution in [2.45, 2.75) is 13.1 Å². The van der Waals surface area contributed by atoms with E-state index >= 15 is 0 Å². The lowest BCUT2D eigenvalue weighted by Crippen LogP contribution is -2.47. The minimum absolute atomic E-state index is 0.00306. The van der Waals surface area contributed by atoms with Gasteiger partial charge in [-0.15, -0.1) is 0 Å². The van der Waals surface area contributed by atoms with Gasteiger partial charge in [0.05, 0.1) is 10.6 Å². The van der Waals surface area contributed by atoms with E-state index in [1.807, 2.05) is 17.9 Å². The van der Waals surface area contributed by atoms with Gasteiger partial charge in [0.15, 0.2) is 0 Å². The summed E-state index contributed by atoms with van der Waals surface area (Å²) in [5.41, 5.74) is -0.0175. The van der Waals surface area contributed by atoms with Crippen LogP contribution in [0.3, 0.4) is 0 Å². The van der Waals surface area contributed by atoms with Gasteiger partial charge in [-0.3, -0.25) is 0 Å². The summed E-state index contributed by atoms with van der Waals surface area (Å²) in [4.78, 5) is 16.4. The second-order valence-corrected chi connectivity index (χ2v) is 6.64. The standard InChI is InChI=1S/C16H15ClF3N7/c1-10-6-13(27-15(24-10)22-9-23-27)25-2-4-26(5-3-25)14-12(17)7-11(8-21-14)16(18,19)20/h6-9H,2-5H2,1H3. The van der Waals surface area contributed by atoms with E-state index < -0.39 is 11.7 Å². The maximum atomic E-state index is 12.8. The molecule has 1 aliphatic heterocycles. The molecule has 1 saturated heterocycles. The second kappa shape index (κ2) is 6.52. The van der Waals surface area contributed by atoms with E-state index in [4.69, 9.17) is 11.6 Å². The van der Waals surface area contributed by atoms with Crippen molar-refractivity contribution < 1.29 is 13.2 Å². The average Bonchev–Trinajstić information content (AvgIpc) is 3.08. The number of piperazine rings is 1. The molecule has 7 nitrogen and oxygen atoms in total. The molecule has 0 spiro atoms. The van der Waals surface area contributed by atoms with E-state index in [0.29, 0.717) is 37.8 Å². The van der Waals surface area contributed by atoms with Crippen LogP contribution in [0.25, 0.3) is 5.78 Å². The number of hydrogen-bond donors (Lipinski definition) is 0. The maximum Gasteiger partial charge on any atom is 0.417 e. The van der Waals surface area contributed by atoms with Gasteiger partial charge < -0.3 is 9.80 Å². The molecule has 0 amide bonds. The van der Waals surface area contributed by atoms with Crippen molar-refractivity contribution in [2.24, 2.45) is 0 Å². The van der Waals surface area contributed by atoms with Crippen molar-refractivity contribution in [2.75, 3.05) is 36.0 Å². The van der Waals surface area contributed by atoms with Crippen molar-refractivity contribution in [1.82, 2.24) is 24.6 Å². The molecule has 3 aromatic rings. The van der Waals surface area contributed by atoms with Crippen LogP contribution in [0.4, 0.5) is 24.8 Å². The highest BCUT2D eigenvalue weighted by Gasteiger charge is 2.32. The number of halogens is 4. The first kappa shape index (κ1) is 17.8. The minimum Gasteiger partial charge on any atom is -0.353 e. The Kier molecular flexibility index (Phi) is 4.29. The molecular formula is C16H15ClF3N7. The second-order valence-electron chi connectivity index (χ2n) is 6.23. The van der Waals surface area contributed by atoms with Crippen LogP contribution < -0.4 is 9.80 Å². The largest absolute Gasteiger partial charge is 0.417 e. The molecule has 0 atom stereocenters. The van der Waals surface area contributed by atoms with E-state index in [-0.39, 0.29) is 5.02 Å². The van der Waals surface area contributed by atoms with Crippen molar-refractivity contribution in [3.8, 4) is 0 Å². The fourth-order valence-corrected chi connectivity index (χ4v) is 3.39. The lowest BCUT2D eigenvalue weighted by molar-refractivity contribution is -0.137. The van der Waals surface area contributed by atoms with Gasteiger partial charge in [-0.05, 0) is 13.0 Å². The number of nitrogens with zero attached hydrogens (tertiary/aromatic N) is 7.